The second-order valence-corrected chi connectivity index (χ2v) is 7.13. The summed E-state index contributed by atoms with van der Waals surface area (Å²) in [5.74, 6) is 2.06. The predicted octanol–water partition coefficient (Wildman–Crippen LogP) is 2.61. The molecule has 1 amide bonds. The van der Waals surface area contributed by atoms with E-state index in [4.69, 9.17) is 0 Å². The van der Waals surface area contributed by atoms with Crippen molar-refractivity contribution in [2.75, 3.05) is 34.2 Å². The quantitative estimate of drug-likeness (QED) is 0.279. The Labute approximate surface area is 158 Å². The molecule has 5 nitrogen and oxygen atoms in total. The van der Waals surface area contributed by atoms with E-state index < -0.39 is 0 Å². The number of rotatable bonds is 7. The van der Waals surface area contributed by atoms with E-state index in [0.717, 1.165) is 44.1 Å². The number of nitrogens with zero attached hydrogens (tertiary/aromatic N) is 2. The molecule has 2 rings (SSSR count). The maximum atomic E-state index is 12.5. The number of aliphatic imine (C=N–C) groups is 1. The second-order valence-electron chi connectivity index (χ2n) is 7.13. The molecule has 6 heteroatoms. The number of carbonyl (C=O) groups excluding carboxylic acids is 1. The molecule has 0 heterocycles. The molecule has 0 aromatic heterocycles. The molecule has 0 aromatic rings. The largest absolute Gasteiger partial charge is 0.356 e. The molecule has 2 saturated carbocycles. The Bertz CT molecular complexity index is 401. The number of halogens is 1. The van der Waals surface area contributed by atoms with Gasteiger partial charge in [-0.05, 0) is 31.6 Å². The molecule has 2 N–H and O–H groups in total. The fourth-order valence-corrected chi connectivity index (χ4v) is 3.47. The van der Waals surface area contributed by atoms with Crippen LogP contribution in [-0.2, 0) is 4.79 Å². The van der Waals surface area contributed by atoms with Crippen LogP contribution in [0.2, 0.25) is 0 Å². The smallest absolute Gasteiger partial charge is 0.230 e. The lowest BCUT2D eigenvalue weighted by atomic mass is 9.84. The summed E-state index contributed by atoms with van der Waals surface area (Å²) in [5, 5.41) is 6.76. The number of nitrogens with one attached hydrogen (secondary N) is 2. The number of guanidine groups is 1. The van der Waals surface area contributed by atoms with Crippen LogP contribution in [0.15, 0.2) is 4.99 Å². The normalized spacial score (nSPS) is 19.9. The van der Waals surface area contributed by atoms with Crippen LogP contribution in [0.5, 0.6) is 0 Å². The lowest BCUT2D eigenvalue weighted by Gasteiger charge is -2.31. The minimum Gasteiger partial charge on any atom is -0.356 e. The van der Waals surface area contributed by atoms with Crippen molar-refractivity contribution >= 4 is 35.8 Å². The van der Waals surface area contributed by atoms with E-state index in [2.05, 4.69) is 15.6 Å². The van der Waals surface area contributed by atoms with Crippen LogP contribution in [0.3, 0.4) is 0 Å². The van der Waals surface area contributed by atoms with E-state index >= 15 is 0 Å². The van der Waals surface area contributed by atoms with E-state index in [1.54, 1.807) is 11.9 Å². The van der Waals surface area contributed by atoms with Crippen LogP contribution in [0.1, 0.15) is 51.4 Å². The van der Waals surface area contributed by atoms with Crippen molar-refractivity contribution in [3.8, 4) is 0 Å². The highest BCUT2D eigenvalue weighted by Crippen LogP contribution is 2.38. The minimum atomic E-state index is -0.241. The molecule has 0 aromatic carbocycles. The van der Waals surface area contributed by atoms with Crippen LogP contribution < -0.4 is 10.6 Å². The van der Waals surface area contributed by atoms with Gasteiger partial charge in [0.05, 0.1) is 5.41 Å². The molecule has 0 spiro atoms. The van der Waals surface area contributed by atoms with Crippen molar-refractivity contribution in [3.05, 3.63) is 0 Å². The zero-order chi connectivity index (χ0) is 16.0. The number of hydrogen-bond donors (Lipinski definition) is 2. The van der Waals surface area contributed by atoms with Crippen molar-refractivity contribution in [2.45, 2.75) is 51.4 Å². The van der Waals surface area contributed by atoms with Gasteiger partial charge in [-0.2, -0.15) is 0 Å². The Morgan fingerprint density at radius 1 is 1.22 bits per heavy atom. The van der Waals surface area contributed by atoms with Crippen molar-refractivity contribution < 1.29 is 4.79 Å². The molecule has 134 valence electrons. The lowest BCUT2D eigenvalue weighted by molar-refractivity contribution is -0.138. The van der Waals surface area contributed by atoms with Crippen LogP contribution in [0.4, 0.5) is 0 Å². The first-order chi connectivity index (χ1) is 10.6. The van der Waals surface area contributed by atoms with Gasteiger partial charge in [0.15, 0.2) is 5.96 Å². The number of amides is 1. The summed E-state index contributed by atoms with van der Waals surface area (Å²) in [6, 6.07) is 0. The second kappa shape index (κ2) is 9.69. The fourth-order valence-electron chi connectivity index (χ4n) is 3.47. The first-order valence-corrected chi connectivity index (χ1v) is 8.74. The molecular formula is C17H33IN4O. The molecule has 2 fully saturated rings. The van der Waals surface area contributed by atoms with Crippen LogP contribution in [0.25, 0.3) is 0 Å². The predicted molar refractivity (Wildman–Crippen MR) is 106 cm³/mol. The SMILES string of the molecule is CN=C(NCCCC1CC1)NCC1(C(=O)N(C)C)CCCC1.I. The van der Waals surface area contributed by atoms with Gasteiger partial charge in [-0.1, -0.05) is 25.7 Å². The summed E-state index contributed by atoms with van der Waals surface area (Å²) in [4.78, 5) is 18.6. The van der Waals surface area contributed by atoms with E-state index in [0.29, 0.717) is 6.54 Å². The minimum absolute atomic E-state index is 0. The molecule has 0 bridgehead atoms. The molecule has 23 heavy (non-hydrogen) atoms. The third kappa shape index (κ3) is 6.12. The topological polar surface area (TPSA) is 56.7 Å². The molecule has 2 aliphatic carbocycles. The average Bonchev–Trinajstić information content (AvgIpc) is 3.21. The fraction of sp³-hybridized carbons (Fsp3) is 0.882. The molecule has 0 aliphatic heterocycles. The van der Waals surface area contributed by atoms with Crippen LogP contribution in [-0.4, -0.2) is 51.0 Å². The lowest BCUT2D eigenvalue weighted by Crippen LogP contribution is -2.49. The van der Waals surface area contributed by atoms with Crippen molar-refractivity contribution in [2.24, 2.45) is 16.3 Å². The maximum Gasteiger partial charge on any atom is 0.230 e. The molecule has 0 saturated heterocycles. The summed E-state index contributed by atoms with van der Waals surface area (Å²) < 4.78 is 0. The molecule has 0 radical (unpaired) electrons. The van der Waals surface area contributed by atoms with Gasteiger partial charge in [0.2, 0.25) is 5.91 Å². The standard InChI is InChI=1S/C17H32N4O.HI/c1-18-16(19-12-6-7-14-8-9-14)20-13-17(10-4-5-11-17)15(22)21(2)3;/h14H,4-13H2,1-3H3,(H2,18,19,20);1H. The highest BCUT2D eigenvalue weighted by molar-refractivity contribution is 14.0. The molecule has 0 unspecified atom stereocenters. The van der Waals surface area contributed by atoms with Gasteiger partial charge in [-0.25, -0.2) is 0 Å². The summed E-state index contributed by atoms with van der Waals surface area (Å²) >= 11 is 0. The number of carbonyl (C=O) groups is 1. The van der Waals surface area contributed by atoms with Gasteiger partial charge in [0.25, 0.3) is 0 Å². The zero-order valence-corrected chi connectivity index (χ0v) is 17.2. The van der Waals surface area contributed by atoms with Crippen LogP contribution >= 0.6 is 24.0 Å². The highest BCUT2D eigenvalue weighted by Gasteiger charge is 2.42. The van der Waals surface area contributed by atoms with Gasteiger partial charge >= 0.3 is 0 Å². The monoisotopic (exact) mass is 436 g/mol. The highest BCUT2D eigenvalue weighted by atomic mass is 127. The van der Waals surface area contributed by atoms with E-state index in [9.17, 15) is 4.79 Å². The zero-order valence-electron chi connectivity index (χ0n) is 14.9. The average molecular weight is 436 g/mol. The first-order valence-electron chi connectivity index (χ1n) is 8.74. The third-order valence-corrected chi connectivity index (χ3v) is 5.02. The van der Waals surface area contributed by atoms with Crippen molar-refractivity contribution in [1.29, 1.82) is 0 Å². The third-order valence-electron chi connectivity index (χ3n) is 5.02. The Morgan fingerprint density at radius 2 is 1.87 bits per heavy atom. The Morgan fingerprint density at radius 3 is 2.39 bits per heavy atom. The Hall–Kier alpha value is -0.530. The summed E-state index contributed by atoms with van der Waals surface area (Å²) in [5.41, 5.74) is -0.241. The molecule has 0 atom stereocenters. The van der Waals surface area contributed by atoms with Gasteiger partial charge < -0.3 is 15.5 Å². The van der Waals surface area contributed by atoms with Gasteiger partial charge in [-0.15, -0.1) is 24.0 Å². The van der Waals surface area contributed by atoms with Crippen molar-refractivity contribution in [1.82, 2.24) is 15.5 Å². The van der Waals surface area contributed by atoms with E-state index in [1.807, 2.05) is 14.1 Å². The Kier molecular flexibility index (Phi) is 8.64. The molecule has 2 aliphatic rings. The van der Waals surface area contributed by atoms with Gasteiger partial charge in [0, 0.05) is 34.2 Å². The maximum absolute atomic E-state index is 12.5. The van der Waals surface area contributed by atoms with Crippen molar-refractivity contribution in [3.63, 3.8) is 0 Å². The Balaban J connectivity index is 0.00000264. The van der Waals surface area contributed by atoms with E-state index in [-0.39, 0.29) is 35.3 Å². The first kappa shape index (κ1) is 20.5. The summed E-state index contributed by atoms with van der Waals surface area (Å²) in [6.07, 6.45) is 9.62. The molecular weight excluding hydrogens is 403 g/mol. The summed E-state index contributed by atoms with van der Waals surface area (Å²) in [7, 11) is 5.51. The van der Waals surface area contributed by atoms with Crippen LogP contribution in [0, 0.1) is 11.3 Å². The van der Waals surface area contributed by atoms with Gasteiger partial charge in [0.1, 0.15) is 0 Å². The van der Waals surface area contributed by atoms with E-state index in [1.165, 1.54) is 25.7 Å². The summed E-state index contributed by atoms with van der Waals surface area (Å²) in [6.45, 7) is 1.65. The number of hydrogen-bond acceptors (Lipinski definition) is 2. The van der Waals surface area contributed by atoms with Gasteiger partial charge in [-0.3, -0.25) is 9.79 Å².